The molecular weight excluding hydrogens is 303 g/mol. The smallest absolute Gasteiger partial charge is 0.359 e. The zero-order valence-electron chi connectivity index (χ0n) is 11.5. The molecule has 0 aliphatic rings. The highest BCUT2D eigenvalue weighted by Gasteiger charge is 2.34. The van der Waals surface area contributed by atoms with Gasteiger partial charge in [-0.05, 0) is 24.5 Å². The Kier molecular flexibility index (Phi) is 4.93. The number of hydrogen-bond acceptors (Lipinski definition) is 2. The lowest BCUT2D eigenvalue weighted by molar-refractivity contribution is -0.137. The van der Waals surface area contributed by atoms with Gasteiger partial charge in [0.05, 0.1) is 11.4 Å². The minimum atomic E-state index is -4.43. The van der Waals surface area contributed by atoms with Crippen LogP contribution >= 0.6 is 11.6 Å². The summed E-state index contributed by atoms with van der Waals surface area (Å²) in [5.74, 6) is 0.415. The fourth-order valence-corrected chi connectivity index (χ4v) is 2.21. The molecule has 0 saturated heterocycles. The van der Waals surface area contributed by atoms with Crippen LogP contribution in [0.1, 0.15) is 36.7 Å². The Hall–Kier alpha value is -1.49. The van der Waals surface area contributed by atoms with Gasteiger partial charge in [-0.1, -0.05) is 30.6 Å². The normalized spacial score (nSPS) is 11.9. The summed E-state index contributed by atoms with van der Waals surface area (Å²) in [5.41, 5.74) is 0.155. The van der Waals surface area contributed by atoms with Crippen LogP contribution in [0.15, 0.2) is 28.8 Å². The second-order valence-corrected chi connectivity index (χ2v) is 5.06. The molecule has 0 unspecified atom stereocenters. The van der Waals surface area contributed by atoms with Crippen LogP contribution in [0.25, 0.3) is 11.3 Å². The molecule has 0 N–H and O–H groups in total. The molecule has 2 nitrogen and oxygen atoms in total. The molecule has 0 spiro atoms. The molecule has 1 aromatic carbocycles. The van der Waals surface area contributed by atoms with Crippen LogP contribution in [0.5, 0.6) is 0 Å². The first-order valence-corrected chi connectivity index (χ1v) is 7.21. The van der Waals surface area contributed by atoms with Crippen molar-refractivity contribution in [3.05, 3.63) is 41.2 Å². The molecule has 0 aliphatic heterocycles. The van der Waals surface area contributed by atoms with E-state index in [1.807, 2.05) is 6.92 Å². The van der Waals surface area contributed by atoms with Gasteiger partial charge in [0.1, 0.15) is 5.69 Å². The van der Waals surface area contributed by atoms with Crippen LogP contribution in [0.2, 0.25) is 0 Å². The summed E-state index contributed by atoms with van der Waals surface area (Å²) in [5, 5.41) is 3.66. The third kappa shape index (κ3) is 3.79. The maximum absolute atomic E-state index is 13.2. The number of aromatic nitrogens is 1. The number of unbranched alkanes of at least 4 members (excludes halogenated alkanes) is 1. The van der Waals surface area contributed by atoms with Gasteiger partial charge in [-0.3, -0.25) is 0 Å². The van der Waals surface area contributed by atoms with Crippen molar-refractivity contribution in [2.24, 2.45) is 0 Å². The number of aryl methyl sites for hydroxylation is 1. The zero-order chi connectivity index (χ0) is 15.5. The van der Waals surface area contributed by atoms with Crippen LogP contribution in [0, 0.1) is 0 Å². The van der Waals surface area contributed by atoms with Gasteiger partial charge in [0.25, 0.3) is 0 Å². The molecule has 0 atom stereocenters. The first-order chi connectivity index (χ1) is 9.95. The van der Waals surface area contributed by atoms with Crippen molar-refractivity contribution >= 4 is 11.6 Å². The molecule has 114 valence electrons. The SMILES string of the molecule is CCCCc1ccc(-c2cc(CCl)on2)c(C(F)(F)F)c1. The van der Waals surface area contributed by atoms with Crippen LogP contribution < -0.4 is 0 Å². The van der Waals surface area contributed by atoms with Crippen LogP contribution in [0.4, 0.5) is 13.2 Å². The number of nitrogens with zero attached hydrogens (tertiary/aromatic N) is 1. The van der Waals surface area contributed by atoms with E-state index in [-0.39, 0.29) is 17.1 Å². The Bertz CT molecular complexity index is 607. The van der Waals surface area contributed by atoms with Crippen LogP contribution in [-0.2, 0) is 18.5 Å². The second kappa shape index (κ2) is 6.52. The highest BCUT2D eigenvalue weighted by Crippen LogP contribution is 2.37. The quantitative estimate of drug-likeness (QED) is 0.686. The van der Waals surface area contributed by atoms with Crippen molar-refractivity contribution in [1.29, 1.82) is 0 Å². The molecule has 1 heterocycles. The van der Waals surface area contributed by atoms with Crippen molar-refractivity contribution < 1.29 is 17.7 Å². The number of benzene rings is 1. The van der Waals surface area contributed by atoms with Gasteiger partial charge in [0.2, 0.25) is 0 Å². The summed E-state index contributed by atoms with van der Waals surface area (Å²) in [6, 6.07) is 5.78. The lowest BCUT2D eigenvalue weighted by atomic mass is 9.98. The number of halogens is 4. The van der Waals surface area contributed by atoms with Gasteiger partial charge in [0, 0.05) is 11.6 Å². The molecule has 21 heavy (non-hydrogen) atoms. The highest BCUT2D eigenvalue weighted by atomic mass is 35.5. The molecule has 0 bridgehead atoms. The van der Waals surface area contributed by atoms with Crippen LogP contribution in [-0.4, -0.2) is 5.16 Å². The Morgan fingerprint density at radius 3 is 2.57 bits per heavy atom. The highest BCUT2D eigenvalue weighted by molar-refractivity contribution is 6.16. The minimum Gasteiger partial charge on any atom is -0.359 e. The molecule has 0 amide bonds. The largest absolute Gasteiger partial charge is 0.417 e. The summed E-state index contributed by atoms with van der Waals surface area (Å²) in [6.45, 7) is 2.00. The van der Waals surface area contributed by atoms with E-state index in [4.69, 9.17) is 16.1 Å². The molecule has 6 heteroatoms. The first kappa shape index (κ1) is 15.9. The fraction of sp³-hybridized carbons (Fsp3) is 0.400. The standard InChI is InChI=1S/C15H15ClF3NO/c1-2-3-4-10-5-6-12(13(7-10)15(17,18)19)14-8-11(9-16)21-20-14/h5-8H,2-4,9H2,1H3. The summed E-state index contributed by atoms with van der Waals surface area (Å²) in [7, 11) is 0. The van der Waals surface area contributed by atoms with E-state index < -0.39 is 11.7 Å². The maximum atomic E-state index is 13.2. The van der Waals surface area contributed by atoms with Crippen LogP contribution in [0.3, 0.4) is 0 Å². The Balaban J connectivity index is 2.44. The summed E-state index contributed by atoms with van der Waals surface area (Å²) < 4.78 is 44.6. The first-order valence-electron chi connectivity index (χ1n) is 6.67. The minimum absolute atomic E-state index is 0.0165. The van der Waals surface area contributed by atoms with Gasteiger partial charge >= 0.3 is 6.18 Å². The second-order valence-electron chi connectivity index (χ2n) is 4.79. The molecule has 2 aromatic rings. The summed E-state index contributed by atoms with van der Waals surface area (Å²) in [4.78, 5) is 0. The van der Waals surface area contributed by atoms with Crippen molar-refractivity contribution in [2.45, 2.75) is 38.2 Å². The zero-order valence-corrected chi connectivity index (χ0v) is 12.3. The molecular formula is C15H15ClF3NO. The fourth-order valence-electron chi connectivity index (χ4n) is 2.09. The molecule has 0 fully saturated rings. The van der Waals surface area contributed by atoms with Gasteiger partial charge in [0.15, 0.2) is 5.76 Å². The average molecular weight is 318 g/mol. The van der Waals surface area contributed by atoms with Crippen molar-refractivity contribution in [3.63, 3.8) is 0 Å². The van der Waals surface area contributed by atoms with Crippen molar-refractivity contribution in [2.75, 3.05) is 0 Å². The summed E-state index contributed by atoms with van der Waals surface area (Å²) in [6.07, 6.45) is -2.01. The van der Waals surface area contributed by atoms with Gasteiger partial charge in [-0.15, -0.1) is 11.6 Å². The number of rotatable bonds is 5. The Morgan fingerprint density at radius 1 is 1.24 bits per heavy atom. The lowest BCUT2D eigenvalue weighted by Gasteiger charge is -2.13. The van der Waals surface area contributed by atoms with Gasteiger partial charge < -0.3 is 4.52 Å². The van der Waals surface area contributed by atoms with Gasteiger partial charge in [-0.25, -0.2) is 0 Å². The van der Waals surface area contributed by atoms with Crippen molar-refractivity contribution in [3.8, 4) is 11.3 Å². The molecule has 1 aromatic heterocycles. The number of hydrogen-bond donors (Lipinski definition) is 0. The van der Waals surface area contributed by atoms with E-state index in [0.717, 1.165) is 12.8 Å². The van der Waals surface area contributed by atoms with E-state index in [0.29, 0.717) is 17.7 Å². The maximum Gasteiger partial charge on any atom is 0.417 e. The van der Waals surface area contributed by atoms with E-state index >= 15 is 0 Å². The van der Waals surface area contributed by atoms with E-state index in [9.17, 15) is 13.2 Å². The third-order valence-electron chi connectivity index (χ3n) is 3.17. The lowest BCUT2D eigenvalue weighted by Crippen LogP contribution is -2.08. The van der Waals surface area contributed by atoms with E-state index in [1.54, 1.807) is 6.07 Å². The molecule has 0 aliphatic carbocycles. The summed E-state index contributed by atoms with van der Waals surface area (Å²) >= 11 is 5.58. The van der Waals surface area contributed by atoms with Crippen molar-refractivity contribution in [1.82, 2.24) is 5.16 Å². The molecule has 2 rings (SSSR count). The van der Waals surface area contributed by atoms with E-state index in [1.165, 1.54) is 18.2 Å². The third-order valence-corrected chi connectivity index (χ3v) is 3.44. The predicted octanol–water partition coefficient (Wildman–Crippen LogP) is 5.44. The van der Waals surface area contributed by atoms with Gasteiger partial charge in [-0.2, -0.15) is 13.2 Å². The number of alkyl halides is 4. The molecule has 0 radical (unpaired) electrons. The van der Waals surface area contributed by atoms with E-state index in [2.05, 4.69) is 5.16 Å². The Labute approximate surface area is 125 Å². The Morgan fingerprint density at radius 2 is 2.00 bits per heavy atom. The molecule has 0 saturated carbocycles. The monoisotopic (exact) mass is 317 g/mol. The average Bonchev–Trinajstić information content (AvgIpc) is 2.92. The topological polar surface area (TPSA) is 26.0 Å². The predicted molar refractivity (Wildman–Crippen MR) is 75.1 cm³/mol.